The predicted molar refractivity (Wildman–Crippen MR) is 130 cm³/mol. The van der Waals surface area contributed by atoms with E-state index in [-0.39, 0.29) is 18.3 Å². The molecule has 0 saturated carbocycles. The highest BCUT2D eigenvalue weighted by Gasteiger charge is 2.18. The molecule has 2 aromatic heterocycles. The summed E-state index contributed by atoms with van der Waals surface area (Å²) < 4.78 is 41.6. The monoisotopic (exact) mass is 500 g/mol. The van der Waals surface area contributed by atoms with Gasteiger partial charge in [0.25, 0.3) is 5.91 Å². The summed E-state index contributed by atoms with van der Waals surface area (Å²) in [6.07, 6.45) is 1.61. The molecule has 1 atom stereocenters. The first-order chi connectivity index (χ1) is 16.9. The van der Waals surface area contributed by atoms with Crippen molar-refractivity contribution in [3.63, 3.8) is 0 Å². The van der Waals surface area contributed by atoms with Crippen LogP contribution in [0.15, 0.2) is 47.0 Å². The fraction of sp³-hybridized carbons (Fsp3) is 0.292. The highest BCUT2D eigenvalue weighted by atomic mass is 32.2. The van der Waals surface area contributed by atoms with Crippen LogP contribution in [0, 0.1) is 5.82 Å². The Kier molecular flexibility index (Phi) is 7.57. The lowest BCUT2D eigenvalue weighted by molar-refractivity contribution is 0.0803. The van der Waals surface area contributed by atoms with Gasteiger partial charge < -0.3 is 18.9 Å². The van der Waals surface area contributed by atoms with E-state index in [1.165, 1.54) is 6.07 Å². The molecule has 0 fully saturated rings. The number of carbonyl (C=O) groups is 1. The molecule has 0 bridgehead atoms. The summed E-state index contributed by atoms with van der Waals surface area (Å²) in [6, 6.07) is 11.5. The number of hydrogen-bond acceptors (Lipinski definition) is 7. The molecule has 0 spiro atoms. The second-order valence-corrected chi connectivity index (χ2v) is 9.45. The lowest BCUT2D eigenvalue weighted by Crippen LogP contribution is -2.30. The lowest BCUT2D eigenvalue weighted by atomic mass is 10.1. The molecular weight excluding hydrogens is 475 g/mol. The van der Waals surface area contributed by atoms with E-state index in [1.54, 1.807) is 61.7 Å². The van der Waals surface area contributed by atoms with E-state index in [1.807, 2.05) is 0 Å². The second kappa shape index (κ2) is 10.8. The smallest absolute Gasteiger partial charge is 0.253 e. The van der Waals surface area contributed by atoms with Crippen LogP contribution < -0.4 is 4.74 Å². The number of halogens is 1. The first kappa shape index (κ1) is 24.6. The van der Waals surface area contributed by atoms with Crippen LogP contribution in [0.2, 0.25) is 0 Å². The minimum Gasteiger partial charge on any atom is -0.488 e. The van der Waals surface area contributed by atoms with Gasteiger partial charge in [-0.15, -0.1) is 0 Å². The fourth-order valence-corrected chi connectivity index (χ4v) is 3.98. The Labute approximate surface area is 203 Å². The van der Waals surface area contributed by atoms with E-state index in [0.29, 0.717) is 52.5 Å². The van der Waals surface area contributed by atoms with Gasteiger partial charge >= 0.3 is 0 Å². The zero-order chi connectivity index (χ0) is 24.9. The van der Waals surface area contributed by atoms with Crippen molar-refractivity contribution in [2.45, 2.75) is 0 Å². The molecule has 11 heteroatoms. The number of aromatic amines is 1. The molecule has 1 unspecified atom stereocenters. The summed E-state index contributed by atoms with van der Waals surface area (Å²) in [6.45, 7) is 0.987. The molecule has 2 heterocycles. The van der Waals surface area contributed by atoms with Crippen LogP contribution in [-0.2, 0) is 15.5 Å². The summed E-state index contributed by atoms with van der Waals surface area (Å²) in [7, 11) is 2.26. The minimum absolute atomic E-state index is 0.103. The molecule has 35 heavy (non-hydrogen) atoms. The van der Waals surface area contributed by atoms with Crippen LogP contribution in [0.1, 0.15) is 10.4 Å². The largest absolute Gasteiger partial charge is 0.488 e. The summed E-state index contributed by atoms with van der Waals surface area (Å²) in [5, 5.41) is 11.8. The lowest BCUT2D eigenvalue weighted by Gasteiger charge is -2.16. The number of fused-ring (bicyclic) bond motifs is 1. The molecule has 184 valence electrons. The van der Waals surface area contributed by atoms with Crippen molar-refractivity contribution in [2.24, 2.45) is 0 Å². The number of rotatable bonds is 10. The van der Waals surface area contributed by atoms with E-state index in [4.69, 9.17) is 14.0 Å². The van der Waals surface area contributed by atoms with Crippen LogP contribution in [0.25, 0.3) is 33.6 Å². The average molecular weight is 501 g/mol. The van der Waals surface area contributed by atoms with E-state index in [9.17, 15) is 13.4 Å². The van der Waals surface area contributed by atoms with Crippen molar-refractivity contribution >= 4 is 27.6 Å². The normalized spacial score (nSPS) is 12.1. The van der Waals surface area contributed by atoms with Crippen LogP contribution in [0.5, 0.6) is 5.75 Å². The fourth-order valence-electron chi connectivity index (χ4n) is 3.45. The van der Waals surface area contributed by atoms with Gasteiger partial charge in [-0.1, -0.05) is 17.3 Å². The van der Waals surface area contributed by atoms with Crippen molar-refractivity contribution in [2.75, 3.05) is 45.9 Å². The SMILES string of the molecule is COCCOc1cc2[nH]nc(-c3cc(-c4ccc(C(=O)N(C)CCS(C)=O)cc4)no3)c2cc1F. The Bertz CT molecular complexity index is 1350. The third kappa shape index (κ3) is 5.57. The Morgan fingerprint density at radius 2 is 1.97 bits per heavy atom. The number of nitrogens with one attached hydrogen (secondary N) is 1. The molecule has 0 aliphatic carbocycles. The molecule has 1 N–H and O–H groups in total. The Morgan fingerprint density at radius 1 is 1.20 bits per heavy atom. The van der Waals surface area contributed by atoms with Gasteiger partial charge in [-0.25, -0.2) is 4.39 Å². The van der Waals surface area contributed by atoms with Crippen LogP contribution >= 0.6 is 0 Å². The molecule has 0 radical (unpaired) electrons. The number of ether oxygens (including phenoxy) is 2. The molecule has 0 aliphatic heterocycles. The molecule has 2 aromatic carbocycles. The zero-order valence-electron chi connectivity index (χ0n) is 19.5. The van der Waals surface area contributed by atoms with Gasteiger partial charge in [-0.05, 0) is 18.2 Å². The molecule has 1 amide bonds. The van der Waals surface area contributed by atoms with Gasteiger partial charge in [0.2, 0.25) is 0 Å². The number of nitrogens with zero attached hydrogens (tertiary/aromatic N) is 3. The second-order valence-electron chi connectivity index (χ2n) is 7.90. The highest BCUT2D eigenvalue weighted by molar-refractivity contribution is 7.84. The maximum Gasteiger partial charge on any atom is 0.253 e. The number of amides is 1. The Morgan fingerprint density at radius 3 is 2.69 bits per heavy atom. The number of aromatic nitrogens is 3. The molecule has 9 nitrogen and oxygen atoms in total. The molecule has 4 aromatic rings. The van der Waals surface area contributed by atoms with Crippen molar-refractivity contribution in [1.82, 2.24) is 20.3 Å². The summed E-state index contributed by atoms with van der Waals surface area (Å²) in [5.41, 5.74) is 2.81. The number of benzene rings is 2. The van der Waals surface area contributed by atoms with E-state index >= 15 is 0 Å². The van der Waals surface area contributed by atoms with Gasteiger partial charge in [0.1, 0.15) is 18.0 Å². The average Bonchev–Trinajstić information content (AvgIpc) is 3.49. The van der Waals surface area contributed by atoms with E-state index in [0.717, 1.165) is 5.56 Å². The maximum absolute atomic E-state index is 14.5. The van der Waals surface area contributed by atoms with Crippen molar-refractivity contribution in [3.8, 4) is 28.5 Å². The van der Waals surface area contributed by atoms with Gasteiger partial charge in [-0.3, -0.25) is 14.1 Å². The third-order valence-corrected chi connectivity index (χ3v) is 6.15. The summed E-state index contributed by atoms with van der Waals surface area (Å²) in [5.74, 6) is 0.220. The molecule has 4 rings (SSSR count). The molecule has 0 saturated heterocycles. The minimum atomic E-state index is -0.963. The Hall–Kier alpha value is -3.57. The number of hydrogen-bond donors (Lipinski definition) is 1. The summed E-state index contributed by atoms with van der Waals surface area (Å²) >= 11 is 0. The van der Waals surface area contributed by atoms with E-state index in [2.05, 4.69) is 15.4 Å². The van der Waals surface area contributed by atoms with Crippen molar-refractivity contribution in [3.05, 3.63) is 53.8 Å². The summed E-state index contributed by atoms with van der Waals surface area (Å²) in [4.78, 5) is 14.1. The van der Waals surface area contributed by atoms with Gasteiger partial charge in [0.15, 0.2) is 17.3 Å². The molecule has 0 aliphatic rings. The Balaban J connectivity index is 1.51. The van der Waals surface area contributed by atoms with Crippen LogP contribution in [0.3, 0.4) is 0 Å². The van der Waals surface area contributed by atoms with Crippen molar-refractivity contribution < 1.29 is 27.4 Å². The molecular formula is C24H25FN4O5S. The third-order valence-electron chi connectivity index (χ3n) is 5.39. The standard InChI is InChI=1S/C24H25FN4O5S/c1-29(8-11-35(3)31)24(30)16-6-4-15(5-7-16)19-13-22(34-28-19)23-17-12-18(25)21(33-10-9-32-2)14-20(17)26-27-23/h4-7,12-14H,8-11H2,1-3H3,(H,26,27). The first-order valence-corrected chi connectivity index (χ1v) is 12.5. The highest BCUT2D eigenvalue weighted by Crippen LogP contribution is 2.33. The van der Waals surface area contributed by atoms with Gasteiger partial charge in [-0.2, -0.15) is 5.10 Å². The predicted octanol–water partition coefficient (Wildman–Crippen LogP) is 3.50. The van der Waals surface area contributed by atoms with Gasteiger partial charge in [0.05, 0.1) is 12.1 Å². The number of carbonyl (C=O) groups excluding carboxylic acids is 1. The van der Waals surface area contributed by atoms with E-state index < -0.39 is 16.6 Å². The van der Waals surface area contributed by atoms with Crippen LogP contribution in [0.4, 0.5) is 4.39 Å². The van der Waals surface area contributed by atoms with Crippen LogP contribution in [-0.4, -0.2) is 76.3 Å². The van der Waals surface area contributed by atoms with Crippen molar-refractivity contribution in [1.29, 1.82) is 0 Å². The maximum atomic E-state index is 14.5. The zero-order valence-corrected chi connectivity index (χ0v) is 20.4. The topological polar surface area (TPSA) is 111 Å². The quantitative estimate of drug-likeness (QED) is 0.332. The number of H-pyrrole nitrogens is 1. The van der Waals surface area contributed by atoms with Gasteiger partial charge in [0, 0.05) is 72.2 Å². The first-order valence-electron chi connectivity index (χ1n) is 10.8. The number of methoxy groups -OCH3 is 1.